The Labute approximate surface area is 158 Å². The van der Waals surface area contributed by atoms with Crippen LogP contribution in [0.25, 0.3) is 0 Å². The van der Waals surface area contributed by atoms with Gasteiger partial charge >= 0.3 is 0 Å². The maximum atomic E-state index is 12.9. The summed E-state index contributed by atoms with van der Waals surface area (Å²) < 4.78 is 25.8. The highest BCUT2D eigenvalue weighted by atomic mass is 79.9. The van der Waals surface area contributed by atoms with Crippen molar-refractivity contribution in [2.45, 2.75) is 18.2 Å². The Morgan fingerprint density at radius 1 is 1.38 bits per heavy atom. The lowest BCUT2D eigenvalue weighted by Crippen LogP contribution is -2.50. The van der Waals surface area contributed by atoms with E-state index in [2.05, 4.69) is 15.9 Å². The summed E-state index contributed by atoms with van der Waals surface area (Å²) in [6, 6.07) is 8.27. The molecule has 1 saturated heterocycles. The summed E-state index contributed by atoms with van der Waals surface area (Å²) in [7, 11) is -3.28. The topological polar surface area (TPSA) is 54.5 Å². The number of sulfone groups is 1. The van der Waals surface area contributed by atoms with Gasteiger partial charge < -0.3 is 4.90 Å². The zero-order valence-corrected chi connectivity index (χ0v) is 16.8. The minimum absolute atomic E-state index is 0.0361. The van der Waals surface area contributed by atoms with E-state index in [4.69, 9.17) is 11.6 Å². The predicted octanol–water partition coefficient (Wildman–Crippen LogP) is 4.16. The lowest BCUT2D eigenvalue weighted by molar-refractivity contribution is 0.0697. The third kappa shape index (κ3) is 3.40. The first kappa shape index (κ1) is 17.9. The molecule has 0 N–H and O–H groups in total. The van der Waals surface area contributed by atoms with Gasteiger partial charge in [-0.05, 0) is 52.5 Å². The second kappa shape index (κ2) is 6.78. The molecule has 2 aromatic rings. The summed E-state index contributed by atoms with van der Waals surface area (Å²) in [6.07, 6.45) is 0. The van der Waals surface area contributed by atoms with Crippen molar-refractivity contribution in [3.63, 3.8) is 0 Å². The average Bonchev–Trinajstić information content (AvgIpc) is 3.02. The van der Waals surface area contributed by atoms with Gasteiger partial charge in [0.25, 0.3) is 5.91 Å². The Bertz CT molecular complexity index is 867. The van der Waals surface area contributed by atoms with Crippen LogP contribution in [-0.2, 0) is 9.84 Å². The molecule has 0 saturated carbocycles. The van der Waals surface area contributed by atoms with E-state index in [1.54, 1.807) is 30.0 Å². The van der Waals surface area contributed by atoms with Gasteiger partial charge in [0.15, 0.2) is 9.84 Å². The number of nitrogens with zero attached hydrogens (tertiary/aromatic N) is 1. The molecule has 1 fully saturated rings. The van der Waals surface area contributed by atoms with Gasteiger partial charge in [0.2, 0.25) is 0 Å². The van der Waals surface area contributed by atoms with Gasteiger partial charge in [-0.2, -0.15) is 0 Å². The molecule has 1 aromatic carbocycles. The molecule has 3 rings (SSSR count). The summed E-state index contributed by atoms with van der Waals surface area (Å²) in [4.78, 5) is 15.3. The van der Waals surface area contributed by atoms with Gasteiger partial charge in [-0.1, -0.05) is 17.7 Å². The summed E-state index contributed by atoms with van der Waals surface area (Å²) in [5.41, 5.74) is 0.458. The van der Waals surface area contributed by atoms with Crippen molar-refractivity contribution in [2.75, 3.05) is 12.3 Å². The van der Waals surface area contributed by atoms with Gasteiger partial charge in [0, 0.05) is 27.5 Å². The van der Waals surface area contributed by atoms with Crippen LogP contribution in [0.5, 0.6) is 0 Å². The van der Waals surface area contributed by atoms with Crippen LogP contribution in [0.4, 0.5) is 0 Å². The largest absolute Gasteiger partial charge is 0.333 e. The third-order valence-electron chi connectivity index (χ3n) is 4.09. The van der Waals surface area contributed by atoms with Crippen molar-refractivity contribution in [1.29, 1.82) is 0 Å². The Kier molecular flexibility index (Phi) is 5.06. The standard InChI is InChI=1S/C16H15BrClNO3S2/c1-10-9-24(21,22)15(14-3-2-6-23-14)8-19(10)16(20)11-4-5-12(17)13(18)7-11/h2-7,10,15H,8-9H2,1H3/t10-,15+/m0/s1. The van der Waals surface area contributed by atoms with Crippen LogP contribution in [-0.4, -0.2) is 37.6 Å². The molecule has 24 heavy (non-hydrogen) atoms. The van der Waals surface area contributed by atoms with Crippen molar-refractivity contribution in [2.24, 2.45) is 0 Å². The van der Waals surface area contributed by atoms with E-state index in [0.29, 0.717) is 15.1 Å². The summed E-state index contributed by atoms with van der Waals surface area (Å²) in [5.74, 6) is -0.237. The number of hydrogen-bond donors (Lipinski definition) is 0. The van der Waals surface area contributed by atoms with Crippen molar-refractivity contribution in [1.82, 2.24) is 4.90 Å². The number of carbonyl (C=O) groups excluding carboxylic acids is 1. The van der Waals surface area contributed by atoms with Crippen LogP contribution in [0.15, 0.2) is 40.2 Å². The molecule has 0 unspecified atom stereocenters. The van der Waals surface area contributed by atoms with E-state index >= 15 is 0 Å². The van der Waals surface area contributed by atoms with Crippen molar-refractivity contribution >= 4 is 54.6 Å². The van der Waals surface area contributed by atoms with Crippen LogP contribution >= 0.6 is 38.9 Å². The molecule has 1 amide bonds. The normalized spacial score (nSPS) is 23.2. The van der Waals surface area contributed by atoms with Crippen LogP contribution < -0.4 is 0 Å². The monoisotopic (exact) mass is 447 g/mol. The second-order valence-corrected chi connectivity index (χ2v) is 10.2. The Morgan fingerprint density at radius 3 is 2.75 bits per heavy atom. The van der Waals surface area contributed by atoms with Crippen molar-refractivity contribution in [3.05, 3.63) is 55.6 Å². The Morgan fingerprint density at radius 2 is 2.12 bits per heavy atom. The van der Waals surface area contributed by atoms with Crippen LogP contribution in [0.1, 0.15) is 27.4 Å². The Hall–Kier alpha value is -0.890. The maximum Gasteiger partial charge on any atom is 0.254 e. The molecule has 0 spiro atoms. The number of hydrogen-bond acceptors (Lipinski definition) is 4. The lowest BCUT2D eigenvalue weighted by atomic mass is 10.1. The van der Waals surface area contributed by atoms with Gasteiger partial charge in [0.05, 0.1) is 10.8 Å². The molecule has 0 aliphatic carbocycles. The first-order valence-corrected chi connectivity index (χ1v) is 11.1. The molecular formula is C16H15BrClNO3S2. The van der Waals surface area contributed by atoms with E-state index in [1.165, 1.54) is 11.3 Å². The minimum Gasteiger partial charge on any atom is -0.333 e. The fourth-order valence-corrected chi connectivity index (χ4v) is 6.47. The van der Waals surface area contributed by atoms with Gasteiger partial charge in [-0.3, -0.25) is 4.79 Å². The molecule has 0 radical (unpaired) electrons. The molecule has 8 heteroatoms. The summed E-state index contributed by atoms with van der Waals surface area (Å²) >= 11 is 10.8. The highest BCUT2D eigenvalue weighted by Crippen LogP contribution is 2.34. The van der Waals surface area contributed by atoms with Crippen LogP contribution in [0.2, 0.25) is 5.02 Å². The number of carbonyl (C=O) groups is 1. The molecular weight excluding hydrogens is 434 g/mol. The number of halogens is 2. The molecule has 0 bridgehead atoms. The molecule has 1 aliphatic heterocycles. The third-order valence-corrected chi connectivity index (χ3v) is 8.67. The average molecular weight is 449 g/mol. The lowest BCUT2D eigenvalue weighted by Gasteiger charge is -2.37. The van der Waals surface area contributed by atoms with Gasteiger partial charge in [0.1, 0.15) is 5.25 Å². The van der Waals surface area contributed by atoms with Crippen molar-refractivity contribution < 1.29 is 13.2 Å². The van der Waals surface area contributed by atoms with E-state index in [0.717, 1.165) is 4.88 Å². The zero-order chi connectivity index (χ0) is 17.5. The van der Waals surface area contributed by atoms with Crippen LogP contribution in [0.3, 0.4) is 0 Å². The number of amides is 1. The predicted molar refractivity (Wildman–Crippen MR) is 100 cm³/mol. The first-order chi connectivity index (χ1) is 11.3. The molecule has 1 aromatic heterocycles. The van der Waals surface area contributed by atoms with E-state index in [1.807, 2.05) is 17.5 Å². The van der Waals surface area contributed by atoms with Gasteiger partial charge in [-0.25, -0.2) is 8.42 Å². The van der Waals surface area contributed by atoms with Crippen molar-refractivity contribution in [3.8, 4) is 0 Å². The summed E-state index contributed by atoms with van der Waals surface area (Å²) in [6.45, 7) is 1.93. The summed E-state index contributed by atoms with van der Waals surface area (Å²) in [5, 5.41) is 1.64. The molecule has 2 heterocycles. The van der Waals surface area contributed by atoms with E-state index < -0.39 is 15.1 Å². The maximum absolute atomic E-state index is 12.9. The fourth-order valence-electron chi connectivity index (χ4n) is 2.83. The Balaban J connectivity index is 1.92. The molecule has 128 valence electrons. The SMILES string of the molecule is C[C@H]1CS(=O)(=O)[C@@H](c2cccs2)CN1C(=O)c1ccc(Br)c(Cl)c1. The minimum atomic E-state index is -3.28. The highest BCUT2D eigenvalue weighted by Gasteiger charge is 2.40. The zero-order valence-electron chi connectivity index (χ0n) is 12.8. The molecule has 1 aliphatic rings. The van der Waals surface area contributed by atoms with E-state index in [9.17, 15) is 13.2 Å². The smallest absolute Gasteiger partial charge is 0.254 e. The van der Waals surface area contributed by atoms with Crippen LogP contribution in [0, 0.1) is 0 Å². The second-order valence-electron chi connectivity index (χ2n) is 5.77. The molecule has 4 nitrogen and oxygen atoms in total. The number of rotatable bonds is 2. The highest BCUT2D eigenvalue weighted by molar-refractivity contribution is 9.10. The number of benzene rings is 1. The first-order valence-electron chi connectivity index (χ1n) is 7.30. The quantitative estimate of drug-likeness (QED) is 0.693. The number of thiophene rings is 1. The fraction of sp³-hybridized carbons (Fsp3) is 0.312. The van der Waals surface area contributed by atoms with E-state index in [-0.39, 0.29) is 24.2 Å². The van der Waals surface area contributed by atoms with Gasteiger partial charge in [-0.15, -0.1) is 11.3 Å². The molecule has 2 atom stereocenters.